The molecule has 1 aromatic carbocycles. The minimum atomic E-state index is -3.85. The minimum Gasteiger partial charge on any atom is -0.341 e. The Morgan fingerprint density at radius 2 is 1.75 bits per heavy atom. The number of hydrogen-bond acceptors (Lipinski definition) is 4. The first-order valence-electron chi connectivity index (χ1n) is 9.44. The molecule has 6 nitrogen and oxygen atoms in total. The van der Waals surface area contributed by atoms with Crippen molar-refractivity contribution < 1.29 is 13.2 Å². The zero-order valence-corrected chi connectivity index (χ0v) is 18.4. The van der Waals surface area contributed by atoms with Crippen molar-refractivity contribution in [3.63, 3.8) is 0 Å². The fraction of sp³-hybridized carbons (Fsp3) is 0.500. The first-order chi connectivity index (χ1) is 13.1. The second-order valence-electron chi connectivity index (χ2n) is 8.10. The molecule has 2 aromatic rings. The molecule has 1 saturated heterocycles. The number of benzene rings is 1. The summed E-state index contributed by atoms with van der Waals surface area (Å²) in [7, 11) is -3.85. The third-order valence-electron chi connectivity index (χ3n) is 4.83. The van der Waals surface area contributed by atoms with E-state index in [0.29, 0.717) is 4.80 Å². The maximum Gasteiger partial charge on any atom is 0.285 e. The van der Waals surface area contributed by atoms with E-state index >= 15 is 0 Å². The Bertz CT molecular complexity index is 1020. The Morgan fingerprint density at radius 1 is 1.14 bits per heavy atom. The number of hydrogen-bond donors (Lipinski definition) is 0. The number of likely N-dealkylation sites (tertiary alicyclic amines) is 1. The van der Waals surface area contributed by atoms with Crippen LogP contribution in [0.1, 0.15) is 44.2 Å². The van der Waals surface area contributed by atoms with Crippen LogP contribution < -0.4 is 4.80 Å². The summed E-state index contributed by atoms with van der Waals surface area (Å²) in [5.41, 5.74) is 0.726. The highest BCUT2D eigenvalue weighted by atomic mass is 32.2. The van der Waals surface area contributed by atoms with Gasteiger partial charge in [0.25, 0.3) is 10.0 Å². The molecule has 0 atom stereocenters. The highest BCUT2D eigenvalue weighted by Gasteiger charge is 2.26. The number of thiazole rings is 1. The van der Waals surface area contributed by atoms with Gasteiger partial charge in [0.05, 0.1) is 4.90 Å². The number of carbonyl (C=O) groups excluding carboxylic acids is 1. The lowest BCUT2D eigenvalue weighted by Gasteiger charge is -2.19. The van der Waals surface area contributed by atoms with Gasteiger partial charge in [-0.2, -0.15) is 8.42 Å². The quantitative estimate of drug-likeness (QED) is 0.762. The standard InChI is InChI=1S/C20H27N3O3S2/c1-15-18(20(2,3)4)27-19(21-28(25,26)16-10-6-5-7-11-16)23(15)14-17(24)22-12-8-9-13-22/h5-7,10-11H,8-9,12-14H2,1-4H3. The van der Waals surface area contributed by atoms with Gasteiger partial charge in [0.1, 0.15) is 6.54 Å². The molecule has 0 radical (unpaired) electrons. The summed E-state index contributed by atoms with van der Waals surface area (Å²) < 4.78 is 31.5. The number of sulfonamides is 1. The average molecular weight is 422 g/mol. The molecule has 3 rings (SSSR count). The van der Waals surface area contributed by atoms with Crippen LogP contribution in [0.15, 0.2) is 39.6 Å². The summed E-state index contributed by atoms with van der Waals surface area (Å²) >= 11 is 1.35. The summed E-state index contributed by atoms with van der Waals surface area (Å²) in [6.07, 6.45) is 2.04. The first-order valence-corrected chi connectivity index (χ1v) is 11.7. The van der Waals surface area contributed by atoms with Gasteiger partial charge >= 0.3 is 0 Å². The van der Waals surface area contributed by atoms with E-state index in [4.69, 9.17) is 0 Å². The van der Waals surface area contributed by atoms with Crippen molar-refractivity contribution in [1.29, 1.82) is 0 Å². The molecule has 0 aliphatic carbocycles. The van der Waals surface area contributed by atoms with Crippen molar-refractivity contribution in [2.75, 3.05) is 13.1 Å². The van der Waals surface area contributed by atoms with Gasteiger partial charge in [-0.25, -0.2) is 0 Å². The van der Waals surface area contributed by atoms with E-state index < -0.39 is 10.0 Å². The monoisotopic (exact) mass is 421 g/mol. The molecule has 0 unspecified atom stereocenters. The SMILES string of the molecule is Cc1c(C(C)(C)C)sc(=NS(=O)(=O)c2ccccc2)n1CC(=O)N1CCCC1. The third kappa shape index (κ3) is 4.38. The van der Waals surface area contributed by atoms with Crippen molar-refractivity contribution in [2.45, 2.75) is 57.4 Å². The molecule has 8 heteroatoms. The summed E-state index contributed by atoms with van der Waals surface area (Å²) in [4.78, 5) is 16.1. The molecule has 0 spiro atoms. The van der Waals surface area contributed by atoms with E-state index in [1.54, 1.807) is 22.8 Å². The van der Waals surface area contributed by atoms with Crippen molar-refractivity contribution in [3.8, 4) is 0 Å². The van der Waals surface area contributed by atoms with Crippen LogP contribution in [0, 0.1) is 6.92 Å². The molecule has 1 fully saturated rings. The molecule has 28 heavy (non-hydrogen) atoms. The normalized spacial score (nSPS) is 16.0. The van der Waals surface area contributed by atoms with E-state index in [-0.39, 0.29) is 22.8 Å². The smallest absolute Gasteiger partial charge is 0.285 e. The predicted octanol–water partition coefficient (Wildman–Crippen LogP) is 3.07. The van der Waals surface area contributed by atoms with Crippen molar-refractivity contribution in [3.05, 3.63) is 45.7 Å². The Labute approximate surface area is 170 Å². The van der Waals surface area contributed by atoms with Crippen LogP contribution in [0.2, 0.25) is 0 Å². The molecular formula is C20H27N3O3S2. The van der Waals surface area contributed by atoms with Gasteiger partial charge in [-0.1, -0.05) is 39.0 Å². The van der Waals surface area contributed by atoms with E-state index in [2.05, 4.69) is 25.2 Å². The van der Waals surface area contributed by atoms with Crippen LogP contribution in [0.4, 0.5) is 0 Å². The van der Waals surface area contributed by atoms with E-state index in [1.807, 2.05) is 11.8 Å². The molecule has 0 N–H and O–H groups in total. The molecular weight excluding hydrogens is 394 g/mol. The summed E-state index contributed by atoms with van der Waals surface area (Å²) in [6, 6.07) is 8.18. The fourth-order valence-corrected chi connectivity index (χ4v) is 5.80. The molecule has 1 aliphatic heterocycles. The second kappa shape index (κ2) is 7.83. The summed E-state index contributed by atoms with van der Waals surface area (Å²) in [5.74, 6) is 0.0115. The topological polar surface area (TPSA) is 71.7 Å². The zero-order valence-electron chi connectivity index (χ0n) is 16.8. The maximum absolute atomic E-state index is 12.8. The van der Waals surface area contributed by atoms with Crippen molar-refractivity contribution >= 4 is 27.3 Å². The minimum absolute atomic E-state index is 0.0115. The number of nitrogens with zero attached hydrogens (tertiary/aromatic N) is 3. The van der Waals surface area contributed by atoms with Crippen LogP contribution in [-0.2, 0) is 26.8 Å². The lowest BCUT2D eigenvalue weighted by molar-refractivity contribution is -0.130. The van der Waals surface area contributed by atoms with Crippen molar-refractivity contribution in [2.24, 2.45) is 4.40 Å². The lowest BCUT2D eigenvalue weighted by Crippen LogP contribution is -2.34. The van der Waals surface area contributed by atoms with Gasteiger partial charge in [-0.05, 0) is 37.3 Å². The molecule has 1 aliphatic rings. The van der Waals surface area contributed by atoms with Gasteiger partial charge in [0.2, 0.25) is 10.7 Å². The van der Waals surface area contributed by atoms with E-state index in [9.17, 15) is 13.2 Å². The van der Waals surface area contributed by atoms with Crippen LogP contribution in [0.5, 0.6) is 0 Å². The number of aromatic nitrogens is 1. The zero-order chi connectivity index (χ0) is 20.5. The number of rotatable bonds is 4. The fourth-order valence-electron chi connectivity index (χ4n) is 3.39. The van der Waals surface area contributed by atoms with Gasteiger partial charge in [-0.15, -0.1) is 15.7 Å². The molecule has 1 aromatic heterocycles. The van der Waals surface area contributed by atoms with Gasteiger partial charge in [0, 0.05) is 23.7 Å². The summed E-state index contributed by atoms with van der Waals surface area (Å²) in [6.45, 7) is 9.81. The van der Waals surface area contributed by atoms with Crippen LogP contribution in [0.3, 0.4) is 0 Å². The Morgan fingerprint density at radius 3 is 2.32 bits per heavy atom. The van der Waals surface area contributed by atoms with Crippen LogP contribution in [0.25, 0.3) is 0 Å². The Kier molecular flexibility index (Phi) is 5.82. The third-order valence-corrected chi connectivity index (χ3v) is 7.83. The Balaban J connectivity index is 2.10. The van der Waals surface area contributed by atoms with Crippen molar-refractivity contribution in [1.82, 2.24) is 9.47 Å². The van der Waals surface area contributed by atoms with E-state index in [0.717, 1.165) is 36.5 Å². The number of amides is 1. The lowest BCUT2D eigenvalue weighted by atomic mass is 9.93. The highest BCUT2D eigenvalue weighted by molar-refractivity contribution is 7.90. The second-order valence-corrected chi connectivity index (χ2v) is 10.7. The molecule has 0 saturated carbocycles. The summed E-state index contributed by atoms with van der Waals surface area (Å²) in [5, 5.41) is 0. The van der Waals surface area contributed by atoms with Gasteiger partial charge in [-0.3, -0.25) is 4.79 Å². The van der Waals surface area contributed by atoms with E-state index in [1.165, 1.54) is 23.5 Å². The predicted molar refractivity (Wildman–Crippen MR) is 111 cm³/mol. The van der Waals surface area contributed by atoms with Gasteiger partial charge in [0.15, 0.2) is 0 Å². The van der Waals surface area contributed by atoms with Gasteiger partial charge < -0.3 is 9.47 Å². The van der Waals surface area contributed by atoms with Crippen LogP contribution >= 0.6 is 11.3 Å². The Hall–Kier alpha value is -1.93. The first kappa shape index (κ1) is 20.8. The average Bonchev–Trinajstić information content (AvgIpc) is 3.26. The molecule has 1 amide bonds. The molecule has 2 heterocycles. The van der Waals surface area contributed by atoms with Crippen LogP contribution in [-0.4, -0.2) is 36.9 Å². The highest BCUT2D eigenvalue weighted by Crippen LogP contribution is 2.28. The molecule has 152 valence electrons. The molecule has 0 bridgehead atoms. The maximum atomic E-state index is 12.8. The number of carbonyl (C=O) groups is 1. The largest absolute Gasteiger partial charge is 0.341 e.